The van der Waals surface area contributed by atoms with Gasteiger partial charge in [-0.25, -0.2) is 14.8 Å². The first kappa shape index (κ1) is 19.3. The summed E-state index contributed by atoms with van der Waals surface area (Å²) in [6.07, 6.45) is 1.52. The van der Waals surface area contributed by atoms with Gasteiger partial charge in [-0.1, -0.05) is 12.1 Å². The maximum atomic E-state index is 12.4. The summed E-state index contributed by atoms with van der Waals surface area (Å²) in [4.78, 5) is 28.6. The fourth-order valence-electron chi connectivity index (χ4n) is 3.46. The fraction of sp³-hybridized carbons (Fsp3) is 0.400. The molecule has 29 heavy (non-hydrogen) atoms. The van der Waals surface area contributed by atoms with Crippen LogP contribution >= 0.6 is 0 Å². The highest BCUT2D eigenvalue weighted by molar-refractivity contribution is 5.90. The first-order chi connectivity index (χ1) is 14.1. The number of likely N-dealkylation sites (N-methyl/N-ethyl adjacent to an activating group) is 1. The second-order valence-corrected chi connectivity index (χ2v) is 7.27. The van der Waals surface area contributed by atoms with Crippen molar-refractivity contribution in [1.82, 2.24) is 15.0 Å². The van der Waals surface area contributed by atoms with Crippen LogP contribution in [0.4, 0.5) is 12.0 Å². The maximum Gasteiger partial charge on any atom is 0.341 e. The Kier molecular flexibility index (Phi) is 5.68. The Bertz CT molecular complexity index is 964. The molecule has 0 spiro atoms. The Morgan fingerprint density at radius 2 is 2.00 bits per heavy atom. The number of hydrogen-bond donors (Lipinski definition) is 3. The Hall–Kier alpha value is -3.04. The number of quaternary nitrogens is 2. The summed E-state index contributed by atoms with van der Waals surface area (Å²) in [6.45, 7) is 7.01. The SMILES string of the molecule is CCOC(=O)c1cnc(Nc2nc3ccccc3o2)nc1C[NH+]1CC[NH+](C)CC1. The van der Waals surface area contributed by atoms with Crippen molar-refractivity contribution in [2.45, 2.75) is 13.5 Å². The van der Waals surface area contributed by atoms with Gasteiger partial charge in [0, 0.05) is 6.20 Å². The Morgan fingerprint density at radius 3 is 2.76 bits per heavy atom. The van der Waals surface area contributed by atoms with Crippen LogP contribution in [0.3, 0.4) is 0 Å². The highest BCUT2D eigenvalue weighted by Gasteiger charge is 2.25. The van der Waals surface area contributed by atoms with Crippen molar-refractivity contribution in [2.24, 2.45) is 0 Å². The van der Waals surface area contributed by atoms with Gasteiger partial charge < -0.3 is 19.0 Å². The van der Waals surface area contributed by atoms with E-state index in [2.05, 4.69) is 27.3 Å². The van der Waals surface area contributed by atoms with Crippen molar-refractivity contribution in [2.75, 3.05) is 45.2 Å². The number of hydrogen-bond acceptors (Lipinski definition) is 7. The van der Waals surface area contributed by atoms with Crippen LogP contribution in [0.2, 0.25) is 0 Å². The molecular weight excluding hydrogens is 372 g/mol. The minimum Gasteiger partial charge on any atom is -0.462 e. The van der Waals surface area contributed by atoms with Gasteiger partial charge in [-0.15, -0.1) is 0 Å². The molecule has 1 fully saturated rings. The van der Waals surface area contributed by atoms with Gasteiger partial charge in [0.05, 0.1) is 13.7 Å². The number of benzene rings is 1. The lowest BCUT2D eigenvalue weighted by Crippen LogP contribution is -3.26. The van der Waals surface area contributed by atoms with Gasteiger partial charge in [0.2, 0.25) is 5.95 Å². The van der Waals surface area contributed by atoms with Crippen molar-refractivity contribution < 1.29 is 23.7 Å². The number of anilines is 2. The lowest BCUT2D eigenvalue weighted by Gasteiger charge is -2.27. The smallest absolute Gasteiger partial charge is 0.341 e. The molecule has 2 aromatic heterocycles. The molecule has 0 aliphatic carbocycles. The van der Waals surface area contributed by atoms with Crippen LogP contribution in [0, 0.1) is 0 Å². The third-order valence-corrected chi connectivity index (χ3v) is 5.10. The molecule has 3 N–H and O–H groups in total. The summed E-state index contributed by atoms with van der Waals surface area (Å²) in [5, 5.41) is 3.01. The summed E-state index contributed by atoms with van der Waals surface area (Å²) in [7, 11) is 2.20. The third kappa shape index (κ3) is 4.52. The summed E-state index contributed by atoms with van der Waals surface area (Å²) in [5.74, 6) is -0.0474. The monoisotopic (exact) mass is 398 g/mol. The number of carbonyl (C=O) groups is 1. The number of oxazole rings is 1. The number of rotatable bonds is 6. The van der Waals surface area contributed by atoms with Crippen LogP contribution in [0.5, 0.6) is 0 Å². The van der Waals surface area contributed by atoms with E-state index in [0.717, 1.165) is 31.7 Å². The lowest BCUT2D eigenvalue weighted by molar-refractivity contribution is -1.01. The molecule has 152 valence electrons. The number of fused-ring (bicyclic) bond motifs is 1. The molecule has 1 aliphatic rings. The quantitative estimate of drug-likeness (QED) is 0.479. The lowest BCUT2D eigenvalue weighted by atomic mass is 10.2. The van der Waals surface area contributed by atoms with E-state index in [4.69, 9.17) is 9.15 Å². The average Bonchev–Trinajstić information content (AvgIpc) is 3.12. The predicted molar refractivity (Wildman–Crippen MR) is 106 cm³/mol. The summed E-state index contributed by atoms with van der Waals surface area (Å²) < 4.78 is 10.9. The number of para-hydroxylation sites is 2. The van der Waals surface area contributed by atoms with Gasteiger partial charge in [0.15, 0.2) is 5.58 Å². The average molecular weight is 398 g/mol. The molecule has 3 heterocycles. The Morgan fingerprint density at radius 1 is 1.21 bits per heavy atom. The van der Waals surface area contributed by atoms with E-state index in [-0.39, 0.29) is 0 Å². The van der Waals surface area contributed by atoms with Crippen molar-refractivity contribution in [3.63, 3.8) is 0 Å². The highest BCUT2D eigenvalue weighted by Crippen LogP contribution is 2.20. The molecule has 0 unspecified atom stereocenters. The van der Waals surface area contributed by atoms with Crippen LogP contribution in [0.15, 0.2) is 34.9 Å². The number of piperazine rings is 1. The summed E-state index contributed by atoms with van der Waals surface area (Å²) in [6, 6.07) is 7.83. The van der Waals surface area contributed by atoms with Crippen molar-refractivity contribution in [3.05, 3.63) is 41.7 Å². The van der Waals surface area contributed by atoms with Crippen LogP contribution in [0.25, 0.3) is 11.1 Å². The Labute approximate surface area is 168 Å². The van der Waals surface area contributed by atoms with E-state index in [0.29, 0.717) is 42.0 Å². The zero-order valence-corrected chi connectivity index (χ0v) is 16.7. The Balaban J connectivity index is 1.58. The highest BCUT2D eigenvalue weighted by atomic mass is 16.5. The van der Waals surface area contributed by atoms with Gasteiger partial charge >= 0.3 is 12.0 Å². The molecule has 0 radical (unpaired) electrons. The molecule has 3 aromatic rings. The minimum atomic E-state index is -0.393. The molecule has 0 amide bonds. The zero-order chi connectivity index (χ0) is 20.2. The van der Waals surface area contributed by atoms with Crippen LogP contribution < -0.4 is 15.1 Å². The topological polar surface area (TPSA) is 99.0 Å². The van der Waals surface area contributed by atoms with Crippen molar-refractivity contribution in [3.8, 4) is 0 Å². The number of esters is 1. The second-order valence-electron chi connectivity index (χ2n) is 7.27. The van der Waals surface area contributed by atoms with Crippen molar-refractivity contribution in [1.29, 1.82) is 0 Å². The minimum absolute atomic E-state index is 0.311. The van der Waals surface area contributed by atoms with Crippen molar-refractivity contribution >= 4 is 29.0 Å². The number of carbonyl (C=O) groups excluding carboxylic acids is 1. The largest absolute Gasteiger partial charge is 0.462 e. The van der Waals surface area contributed by atoms with Gasteiger partial charge in [0.25, 0.3) is 0 Å². The molecule has 1 aliphatic heterocycles. The number of nitrogens with one attached hydrogen (secondary N) is 3. The number of aromatic nitrogens is 3. The number of nitrogens with zero attached hydrogens (tertiary/aromatic N) is 3. The normalized spacial score (nSPS) is 19.2. The van der Waals surface area contributed by atoms with Gasteiger partial charge in [-0.05, 0) is 19.1 Å². The molecule has 0 bridgehead atoms. The van der Waals surface area contributed by atoms with E-state index in [9.17, 15) is 4.79 Å². The van der Waals surface area contributed by atoms with Gasteiger partial charge in [0.1, 0.15) is 49.5 Å². The number of ether oxygens (including phenoxy) is 1. The molecule has 9 heteroatoms. The second kappa shape index (κ2) is 8.54. The fourth-order valence-corrected chi connectivity index (χ4v) is 3.46. The van der Waals surface area contributed by atoms with Crippen LogP contribution in [0.1, 0.15) is 23.0 Å². The summed E-state index contributed by atoms with van der Waals surface area (Å²) in [5.41, 5.74) is 2.52. The molecule has 4 rings (SSSR count). The molecule has 0 atom stereocenters. The molecule has 1 saturated heterocycles. The first-order valence-electron chi connectivity index (χ1n) is 9.93. The standard InChI is InChI=1S/C20H24N6O3/c1-3-28-18(27)14-12-21-19(22-16(14)13-26-10-8-25(2)9-11-26)24-20-23-15-6-4-5-7-17(15)29-20/h4-7,12H,3,8-11,13H2,1-2H3,(H,21,22,23,24)/p+2. The zero-order valence-electron chi connectivity index (χ0n) is 16.7. The van der Waals surface area contributed by atoms with E-state index in [1.807, 2.05) is 24.3 Å². The molecule has 0 saturated carbocycles. The van der Waals surface area contributed by atoms with E-state index < -0.39 is 5.97 Å². The van der Waals surface area contributed by atoms with E-state index in [1.54, 1.807) is 6.92 Å². The van der Waals surface area contributed by atoms with Gasteiger partial charge in [-0.3, -0.25) is 5.32 Å². The van der Waals surface area contributed by atoms with Gasteiger partial charge in [-0.2, -0.15) is 4.98 Å². The first-order valence-corrected chi connectivity index (χ1v) is 9.93. The third-order valence-electron chi connectivity index (χ3n) is 5.10. The predicted octanol–water partition coefficient (Wildman–Crippen LogP) is -0.549. The van der Waals surface area contributed by atoms with Crippen LogP contribution in [-0.2, 0) is 11.3 Å². The maximum absolute atomic E-state index is 12.4. The van der Waals surface area contributed by atoms with E-state index in [1.165, 1.54) is 16.0 Å². The molecule has 9 nitrogen and oxygen atoms in total. The summed E-state index contributed by atoms with van der Waals surface area (Å²) >= 11 is 0. The van der Waals surface area contributed by atoms with E-state index >= 15 is 0 Å². The van der Waals surface area contributed by atoms with Crippen LogP contribution in [-0.4, -0.2) is 60.8 Å². The molecule has 1 aromatic carbocycles. The molecular formula is C20H26N6O3+2.